The van der Waals surface area contributed by atoms with Crippen LogP contribution in [0.25, 0.3) is 0 Å². The summed E-state index contributed by atoms with van der Waals surface area (Å²) in [5.74, 6) is -1.00. The number of aromatic hydroxyl groups is 1. The number of phenolic OH excluding ortho intramolecular Hbond substituents is 1. The highest BCUT2D eigenvalue weighted by Gasteiger charge is 2.30. The molecule has 0 bridgehead atoms. The van der Waals surface area contributed by atoms with Crippen LogP contribution in [0, 0.1) is 10.1 Å². The minimum absolute atomic E-state index is 0.0233. The first-order valence-corrected chi connectivity index (χ1v) is 5.83. The maximum absolute atomic E-state index is 12.2. The lowest BCUT2D eigenvalue weighted by Crippen LogP contribution is -2.30. The zero-order valence-corrected chi connectivity index (χ0v) is 10.4. The third kappa shape index (κ3) is 2.50. The van der Waals surface area contributed by atoms with Gasteiger partial charge in [-0.1, -0.05) is 6.07 Å². The Morgan fingerprint density at radius 2 is 2.32 bits per heavy atom. The predicted molar refractivity (Wildman–Crippen MR) is 66.1 cm³/mol. The molecule has 1 aliphatic rings. The Kier molecular flexibility index (Phi) is 3.66. The fourth-order valence-electron chi connectivity index (χ4n) is 2.13. The lowest BCUT2D eigenvalue weighted by atomic mass is 10.1. The molecule has 0 spiro atoms. The largest absolute Gasteiger partial charge is 0.502 e. The van der Waals surface area contributed by atoms with Gasteiger partial charge in [0.1, 0.15) is 0 Å². The molecule has 1 heterocycles. The van der Waals surface area contributed by atoms with Gasteiger partial charge in [-0.15, -0.1) is 0 Å². The van der Waals surface area contributed by atoms with E-state index in [0.29, 0.717) is 13.1 Å². The number of ether oxygens (including phenoxy) is 1. The fraction of sp³-hybridized carbons (Fsp3) is 0.417. The molecule has 1 N–H and O–H groups in total. The van der Waals surface area contributed by atoms with Crippen LogP contribution in [0.1, 0.15) is 16.8 Å². The van der Waals surface area contributed by atoms with E-state index in [4.69, 9.17) is 4.74 Å². The van der Waals surface area contributed by atoms with Gasteiger partial charge >= 0.3 is 5.69 Å². The molecule has 0 aliphatic carbocycles. The van der Waals surface area contributed by atoms with Crippen LogP contribution in [-0.2, 0) is 4.74 Å². The number of hydrogen-bond donors (Lipinski definition) is 1. The summed E-state index contributed by atoms with van der Waals surface area (Å²) in [5.41, 5.74) is -0.515. The van der Waals surface area contributed by atoms with Gasteiger partial charge in [0, 0.05) is 26.3 Å². The predicted octanol–water partition coefficient (Wildman–Crippen LogP) is 1.16. The zero-order chi connectivity index (χ0) is 14.0. The number of methoxy groups -OCH3 is 1. The van der Waals surface area contributed by atoms with E-state index in [9.17, 15) is 20.0 Å². The standard InChI is InChI=1S/C12H14N2O5/c1-19-8-5-6-13(7-8)12(16)9-3-2-4-10(11(9)15)14(17)18/h2-4,8,15H,5-7H2,1H3/t8-/m0/s1. The van der Waals surface area contributed by atoms with Gasteiger partial charge in [-0.25, -0.2) is 0 Å². The second kappa shape index (κ2) is 5.23. The number of carbonyl (C=O) groups excluding carboxylic acids is 1. The summed E-state index contributed by atoms with van der Waals surface area (Å²) in [6.07, 6.45) is 0.697. The van der Waals surface area contributed by atoms with Crippen LogP contribution in [0.2, 0.25) is 0 Å². The van der Waals surface area contributed by atoms with Crippen molar-refractivity contribution in [2.75, 3.05) is 20.2 Å². The van der Waals surface area contributed by atoms with Gasteiger partial charge < -0.3 is 14.7 Å². The normalized spacial score (nSPS) is 18.6. The first kappa shape index (κ1) is 13.3. The molecular formula is C12H14N2O5. The average molecular weight is 266 g/mol. The minimum Gasteiger partial charge on any atom is -0.502 e. The third-order valence-electron chi connectivity index (χ3n) is 3.21. The number of hydrogen-bond acceptors (Lipinski definition) is 5. The molecule has 1 aliphatic heterocycles. The Hall–Kier alpha value is -2.15. The van der Waals surface area contributed by atoms with E-state index in [1.54, 1.807) is 7.11 Å². The highest BCUT2D eigenvalue weighted by Crippen LogP contribution is 2.30. The van der Waals surface area contributed by atoms with Crippen molar-refractivity contribution >= 4 is 11.6 Å². The van der Waals surface area contributed by atoms with E-state index in [1.807, 2.05) is 0 Å². The van der Waals surface area contributed by atoms with E-state index in [1.165, 1.54) is 17.0 Å². The van der Waals surface area contributed by atoms with Crippen molar-refractivity contribution in [1.29, 1.82) is 0 Å². The second-order valence-electron chi connectivity index (χ2n) is 4.33. The molecule has 1 amide bonds. The van der Waals surface area contributed by atoms with Gasteiger partial charge in [0.15, 0.2) is 0 Å². The summed E-state index contributed by atoms with van der Waals surface area (Å²) in [4.78, 5) is 23.7. The number of rotatable bonds is 3. The highest BCUT2D eigenvalue weighted by atomic mass is 16.6. The summed E-state index contributed by atoms with van der Waals surface area (Å²) in [6.45, 7) is 0.941. The van der Waals surface area contributed by atoms with Gasteiger partial charge in [-0.2, -0.15) is 0 Å². The quantitative estimate of drug-likeness (QED) is 0.654. The molecule has 1 saturated heterocycles. The molecule has 0 aromatic heterocycles. The number of phenols is 1. The Morgan fingerprint density at radius 1 is 1.58 bits per heavy atom. The number of nitro groups is 1. The summed E-state index contributed by atoms with van der Waals surface area (Å²) in [6, 6.07) is 3.92. The Bertz CT molecular complexity index is 517. The summed E-state index contributed by atoms with van der Waals surface area (Å²) < 4.78 is 5.15. The number of nitrogens with zero attached hydrogens (tertiary/aromatic N) is 2. The molecule has 0 radical (unpaired) electrons. The number of carbonyl (C=O) groups is 1. The molecular weight excluding hydrogens is 252 g/mol. The Morgan fingerprint density at radius 3 is 2.89 bits per heavy atom. The number of para-hydroxylation sites is 1. The van der Waals surface area contributed by atoms with Crippen molar-refractivity contribution in [2.24, 2.45) is 0 Å². The van der Waals surface area contributed by atoms with Crippen molar-refractivity contribution in [2.45, 2.75) is 12.5 Å². The topological polar surface area (TPSA) is 92.9 Å². The van der Waals surface area contributed by atoms with Crippen LogP contribution < -0.4 is 0 Å². The molecule has 0 unspecified atom stereocenters. The van der Waals surface area contributed by atoms with Gasteiger partial charge in [0.25, 0.3) is 5.91 Å². The van der Waals surface area contributed by atoms with Crippen LogP contribution in [0.4, 0.5) is 5.69 Å². The first-order valence-electron chi connectivity index (χ1n) is 5.83. The SMILES string of the molecule is CO[C@H]1CCN(C(=O)c2cccc([N+](=O)[O-])c2O)C1. The molecule has 102 valence electrons. The van der Waals surface area contributed by atoms with Crippen molar-refractivity contribution in [3.63, 3.8) is 0 Å². The highest BCUT2D eigenvalue weighted by molar-refractivity contribution is 5.98. The molecule has 7 heteroatoms. The van der Waals surface area contributed by atoms with Crippen molar-refractivity contribution in [3.05, 3.63) is 33.9 Å². The number of nitro benzene ring substituents is 1. The number of amides is 1. The van der Waals surface area contributed by atoms with Crippen molar-refractivity contribution < 1.29 is 19.6 Å². The van der Waals surface area contributed by atoms with Crippen LogP contribution in [0.3, 0.4) is 0 Å². The minimum atomic E-state index is -0.714. The van der Waals surface area contributed by atoms with Gasteiger partial charge in [0.2, 0.25) is 5.75 Å². The summed E-state index contributed by atoms with van der Waals surface area (Å²) >= 11 is 0. The van der Waals surface area contributed by atoms with Crippen LogP contribution >= 0.6 is 0 Å². The smallest absolute Gasteiger partial charge is 0.311 e. The summed E-state index contributed by atoms with van der Waals surface area (Å²) in [7, 11) is 1.57. The average Bonchev–Trinajstić information content (AvgIpc) is 2.86. The molecule has 1 aromatic carbocycles. The Labute approximate surface area is 109 Å². The maximum atomic E-state index is 12.2. The van der Waals surface area contributed by atoms with Gasteiger partial charge in [-0.3, -0.25) is 14.9 Å². The molecule has 0 saturated carbocycles. The first-order chi connectivity index (χ1) is 9.04. The molecule has 7 nitrogen and oxygen atoms in total. The van der Waals surface area contributed by atoms with Gasteiger partial charge in [0.05, 0.1) is 16.6 Å². The van der Waals surface area contributed by atoms with E-state index in [2.05, 4.69) is 0 Å². The van der Waals surface area contributed by atoms with Crippen LogP contribution in [-0.4, -0.2) is 47.1 Å². The molecule has 2 rings (SSSR count). The van der Waals surface area contributed by atoms with E-state index < -0.39 is 22.3 Å². The molecule has 1 aromatic rings. The second-order valence-corrected chi connectivity index (χ2v) is 4.33. The van der Waals surface area contributed by atoms with E-state index >= 15 is 0 Å². The number of benzene rings is 1. The zero-order valence-electron chi connectivity index (χ0n) is 10.4. The molecule has 19 heavy (non-hydrogen) atoms. The molecule has 1 atom stereocenters. The maximum Gasteiger partial charge on any atom is 0.311 e. The lowest BCUT2D eigenvalue weighted by Gasteiger charge is -2.16. The van der Waals surface area contributed by atoms with Crippen LogP contribution in [0.15, 0.2) is 18.2 Å². The fourth-order valence-corrected chi connectivity index (χ4v) is 2.13. The van der Waals surface area contributed by atoms with Crippen molar-refractivity contribution in [3.8, 4) is 5.75 Å². The monoisotopic (exact) mass is 266 g/mol. The molecule has 1 fully saturated rings. The third-order valence-corrected chi connectivity index (χ3v) is 3.21. The number of likely N-dealkylation sites (tertiary alicyclic amines) is 1. The lowest BCUT2D eigenvalue weighted by molar-refractivity contribution is -0.385. The van der Waals surface area contributed by atoms with E-state index in [-0.39, 0.29) is 11.7 Å². The van der Waals surface area contributed by atoms with E-state index in [0.717, 1.165) is 12.5 Å². The van der Waals surface area contributed by atoms with Crippen molar-refractivity contribution in [1.82, 2.24) is 4.90 Å². The van der Waals surface area contributed by atoms with Gasteiger partial charge in [-0.05, 0) is 12.5 Å². The van der Waals surface area contributed by atoms with Crippen LogP contribution in [0.5, 0.6) is 5.75 Å². The Balaban J connectivity index is 2.25. The summed E-state index contributed by atoms with van der Waals surface area (Å²) in [5, 5.41) is 20.5.